The highest BCUT2D eigenvalue weighted by Gasteiger charge is 2.32. The third-order valence-corrected chi connectivity index (χ3v) is 8.48. The zero-order valence-corrected chi connectivity index (χ0v) is 21.1. The normalized spacial score (nSPS) is 20.1. The summed E-state index contributed by atoms with van der Waals surface area (Å²) in [4.78, 5) is 18.0. The molecule has 1 amide bonds. The minimum absolute atomic E-state index is 0.152. The van der Waals surface area contributed by atoms with Gasteiger partial charge in [-0.25, -0.2) is 8.42 Å². The maximum atomic E-state index is 13.1. The van der Waals surface area contributed by atoms with Crippen LogP contribution in [0.5, 0.6) is 0 Å². The summed E-state index contributed by atoms with van der Waals surface area (Å²) in [5, 5.41) is 0. The first kappa shape index (κ1) is 24.7. The van der Waals surface area contributed by atoms with Crippen molar-refractivity contribution in [3.8, 4) is 0 Å². The summed E-state index contributed by atoms with van der Waals surface area (Å²) in [6.45, 7) is 7.97. The first-order chi connectivity index (χ1) is 16.3. The number of rotatable bonds is 7. The number of hydrogen-bond donors (Lipinski definition) is 0. The fourth-order valence-electron chi connectivity index (χ4n) is 4.02. The van der Waals surface area contributed by atoms with E-state index >= 15 is 0 Å². The fraction of sp³-hybridized carbons (Fsp3) is 0.417. The SMILES string of the molecule is CCOCCn1c(=NC(=O)c2ccc(S(=O)(=O)N3CC(C)OC(C)C3)cc2)sc2ccccc21. The molecule has 1 aliphatic rings. The van der Waals surface area contributed by atoms with Crippen LogP contribution >= 0.6 is 11.3 Å². The van der Waals surface area contributed by atoms with Gasteiger partial charge < -0.3 is 14.0 Å². The smallest absolute Gasteiger partial charge is 0.279 e. The lowest BCUT2D eigenvalue weighted by atomic mass is 10.2. The molecule has 0 N–H and O–H groups in total. The van der Waals surface area contributed by atoms with Gasteiger partial charge in [-0.3, -0.25) is 4.79 Å². The van der Waals surface area contributed by atoms with Gasteiger partial charge in [0.25, 0.3) is 5.91 Å². The van der Waals surface area contributed by atoms with Gasteiger partial charge in [0.2, 0.25) is 10.0 Å². The van der Waals surface area contributed by atoms with Crippen molar-refractivity contribution in [3.05, 3.63) is 58.9 Å². The minimum atomic E-state index is -3.67. The molecule has 2 aromatic carbocycles. The Morgan fingerprint density at radius 3 is 2.47 bits per heavy atom. The van der Waals surface area contributed by atoms with Crippen LogP contribution < -0.4 is 4.80 Å². The summed E-state index contributed by atoms with van der Waals surface area (Å²) in [7, 11) is -3.67. The van der Waals surface area contributed by atoms with E-state index in [9.17, 15) is 13.2 Å². The third kappa shape index (κ3) is 5.31. The predicted octanol–water partition coefficient (Wildman–Crippen LogP) is 3.28. The van der Waals surface area contributed by atoms with Gasteiger partial charge in [0.15, 0.2) is 4.80 Å². The summed E-state index contributed by atoms with van der Waals surface area (Å²) in [6.07, 6.45) is -0.345. The summed E-state index contributed by atoms with van der Waals surface area (Å²) >= 11 is 1.44. The number of hydrogen-bond acceptors (Lipinski definition) is 6. The molecule has 2 atom stereocenters. The Hall–Kier alpha value is -2.37. The predicted molar refractivity (Wildman–Crippen MR) is 131 cm³/mol. The van der Waals surface area contributed by atoms with E-state index < -0.39 is 15.9 Å². The Morgan fingerprint density at radius 2 is 1.79 bits per heavy atom. The van der Waals surface area contributed by atoms with Gasteiger partial charge in [0, 0.05) is 31.8 Å². The molecule has 0 spiro atoms. The molecule has 0 bridgehead atoms. The van der Waals surface area contributed by atoms with Crippen molar-refractivity contribution < 1.29 is 22.7 Å². The van der Waals surface area contributed by atoms with Crippen LogP contribution in [0.15, 0.2) is 58.4 Å². The molecule has 182 valence electrons. The zero-order chi connectivity index (χ0) is 24.3. The topological polar surface area (TPSA) is 90.2 Å². The van der Waals surface area contributed by atoms with E-state index in [0.29, 0.717) is 43.2 Å². The molecule has 1 saturated heterocycles. The zero-order valence-electron chi connectivity index (χ0n) is 19.5. The van der Waals surface area contributed by atoms with Gasteiger partial charge in [-0.1, -0.05) is 23.5 Å². The lowest BCUT2D eigenvalue weighted by Crippen LogP contribution is -2.48. The summed E-state index contributed by atoms with van der Waals surface area (Å²) in [6, 6.07) is 13.9. The second kappa shape index (κ2) is 10.5. The number of amides is 1. The van der Waals surface area contributed by atoms with Crippen molar-refractivity contribution in [2.45, 2.75) is 44.4 Å². The Kier molecular flexibility index (Phi) is 7.63. The molecule has 4 rings (SSSR count). The quantitative estimate of drug-likeness (QED) is 0.462. The number of morpholine rings is 1. The maximum Gasteiger partial charge on any atom is 0.279 e. The second-order valence-corrected chi connectivity index (χ2v) is 11.2. The van der Waals surface area contributed by atoms with Gasteiger partial charge in [0.05, 0.1) is 33.9 Å². The Balaban J connectivity index is 1.60. The van der Waals surface area contributed by atoms with Crippen molar-refractivity contribution in [2.75, 3.05) is 26.3 Å². The van der Waals surface area contributed by atoms with Crippen LogP contribution in [-0.2, 0) is 26.0 Å². The monoisotopic (exact) mass is 503 g/mol. The van der Waals surface area contributed by atoms with E-state index in [4.69, 9.17) is 9.47 Å². The van der Waals surface area contributed by atoms with E-state index in [1.807, 2.05) is 49.6 Å². The number of carbonyl (C=O) groups excluding carboxylic acids is 1. The first-order valence-electron chi connectivity index (χ1n) is 11.3. The van der Waals surface area contributed by atoms with Gasteiger partial charge in [-0.05, 0) is 57.2 Å². The van der Waals surface area contributed by atoms with Gasteiger partial charge >= 0.3 is 0 Å². The van der Waals surface area contributed by atoms with Crippen molar-refractivity contribution in [3.63, 3.8) is 0 Å². The molecule has 2 heterocycles. The minimum Gasteiger partial charge on any atom is -0.380 e. The number of aromatic nitrogens is 1. The molecule has 1 fully saturated rings. The molecule has 0 aliphatic carbocycles. The standard InChI is InChI=1S/C24H29N3O5S2/c1-4-31-14-13-27-21-7-5-6-8-22(21)33-24(27)25-23(28)19-9-11-20(12-10-19)34(29,30)26-15-17(2)32-18(3)16-26/h5-12,17-18H,4,13-16H2,1-3H3. The number of benzene rings is 2. The van der Waals surface area contributed by atoms with Crippen LogP contribution in [0, 0.1) is 0 Å². The number of fused-ring (bicyclic) bond motifs is 1. The van der Waals surface area contributed by atoms with Crippen LogP contribution in [0.1, 0.15) is 31.1 Å². The van der Waals surface area contributed by atoms with E-state index in [1.165, 1.54) is 39.9 Å². The number of para-hydroxylation sites is 1. The maximum absolute atomic E-state index is 13.1. The Morgan fingerprint density at radius 1 is 1.12 bits per heavy atom. The number of carbonyl (C=O) groups is 1. The van der Waals surface area contributed by atoms with Crippen molar-refractivity contribution in [2.24, 2.45) is 4.99 Å². The molecule has 0 radical (unpaired) electrons. The van der Waals surface area contributed by atoms with Crippen LogP contribution in [0.4, 0.5) is 0 Å². The molecule has 3 aromatic rings. The Bertz CT molecular complexity index is 1320. The van der Waals surface area contributed by atoms with Crippen molar-refractivity contribution >= 4 is 37.5 Å². The molecule has 2 unspecified atom stereocenters. The summed E-state index contributed by atoms with van der Waals surface area (Å²) in [5.74, 6) is -0.422. The second-order valence-electron chi connectivity index (χ2n) is 8.22. The molecule has 10 heteroatoms. The third-order valence-electron chi connectivity index (χ3n) is 5.57. The van der Waals surface area contributed by atoms with Crippen LogP contribution in [0.2, 0.25) is 0 Å². The number of sulfonamides is 1. The van der Waals surface area contributed by atoms with E-state index in [-0.39, 0.29) is 17.1 Å². The molecule has 1 aliphatic heterocycles. The fourth-order valence-corrected chi connectivity index (χ4v) is 6.66. The first-order valence-corrected chi connectivity index (χ1v) is 13.6. The number of ether oxygens (including phenoxy) is 2. The van der Waals surface area contributed by atoms with Crippen LogP contribution in [0.25, 0.3) is 10.2 Å². The molecule has 34 heavy (non-hydrogen) atoms. The average Bonchev–Trinajstić information content (AvgIpc) is 3.15. The van der Waals surface area contributed by atoms with Crippen molar-refractivity contribution in [1.29, 1.82) is 0 Å². The molecule has 1 aromatic heterocycles. The molecular weight excluding hydrogens is 474 g/mol. The van der Waals surface area contributed by atoms with Gasteiger partial charge in [-0.2, -0.15) is 9.30 Å². The number of nitrogens with zero attached hydrogens (tertiary/aromatic N) is 3. The van der Waals surface area contributed by atoms with E-state index in [2.05, 4.69) is 4.99 Å². The van der Waals surface area contributed by atoms with Crippen LogP contribution in [0.3, 0.4) is 0 Å². The summed E-state index contributed by atoms with van der Waals surface area (Å²) in [5.41, 5.74) is 1.32. The molecule has 8 nitrogen and oxygen atoms in total. The highest BCUT2D eigenvalue weighted by atomic mass is 32.2. The van der Waals surface area contributed by atoms with E-state index in [0.717, 1.165) is 10.2 Å². The van der Waals surface area contributed by atoms with Gasteiger partial charge in [0.1, 0.15) is 0 Å². The van der Waals surface area contributed by atoms with Crippen LogP contribution in [-0.4, -0.2) is 61.7 Å². The van der Waals surface area contributed by atoms with E-state index in [1.54, 1.807) is 0 Å². The highest BCUT2D eigenvalue weighted by molar-refractivity contribution is 7.89. The molecule has 0 saturated carbocycles. The number of thiazole rings is 1. The highest BCUT2D eigenvalue weighted by Crippen LogP contribution is 2.22. The summed E-state index contributed by atoms with van der Waals surface area (Å²) < 4.78 is 41.7. The lowest BCUT2D eigenvalue weighted by molar-refractivity contribution is -0.0440. The Labute approximate surface area is 203 Å². The lowest BCUT2D eigenvalue weighted by Gasteiger charge is -2.34. The largest absolute Gasteiger partial charge is 0.380 e. The van der Waals surface area contributed by atoms with Gasteiger partial charge in [-0.15, -0.1) is 0 Å². The molecular formula is C24H29N3O5S2. The average molecular weight is 504 g/mol. The van der Waals surface area contributed by atoms with Crippen molar-refractivity contribution in [1.82, 2.24) is 8.87 Å².